The fraction of sp³-hybridized carbons (Fsp3) is 0.300. The Hall–Kier alpha value is -1.21. The van der Waals surface area contributed by atoms with Crippen LogP contribution in [0.5, 0.6) is 0 Å². The summed E-state index contributed by atoms with van der Waals surface area (Å²) in [7, 11) is 0.734. The zero-order chi connectivity index (χ0) is 13.9. The van der Waals surface area contributed by atoms with Gasteiger partial charge in [0.25, 0.3) is 9.05 Å². The summed E-state index contributed by atoms with van der Waals surface area (Å²) in [5.74, 6) is -4.10. The summed E-state index contributed by atoms with van der Waals surface area (Å²) >= 11 is 0. The first-order valence-electron chi connectivity index (χ1n) is 4.88. The predicted molar refractivity (Wildman–Crippen MR) is 60.0 cm³/mol. The van der Waals surface area contributed by atoms with Gasteiger partial charge < -0.3 is 4.74 Å². The average molecular weight is 299 g/mol. The number of carbonyl (C=O) groups is 1. The van der Waals surface area contributed by atoms with Crippen LogP contribution in [0.1, 0.15) is 23.7 Å². The highest BCUT2D eigenvalue weighted by atomic mass is 35.7. The van der Waals surface area contributed by atoms with Crippen molar-refractivity contribution in [1.82, 2.24) is 0 Å². The van der Waals surface area contributed by atoms with Gasteiger partial charge in [-0.05, 0) is 18.6 Å². The number of carbonyl (C=O) groups excluding carboxylic acids is 1. The quantitative estimate of drug-likeness (QED) is 0.633. The summed E-state index contributed by atoms with van der Waals surface area (Å²) < 4.78 is 53.1. The van der Waals surface area contributed by atoms with Crippen molar-refractivity contribution in [3.63, 3.8) is 0 Å². The lowest BCUT2D eigenvalue weighted by molar-refractivity contribution is 0.0498. The van der Waals surface area contributed by atoms with Crippen LogP contribution in [0.25, 0.3) is 0 Å². The molecule has 1 aromatic rings. The smallest absolute Gasteiger partial charge is 0.341 e. The molecule has 0 N–H and O–H groups in total. The molecule has 0 fully saturated rings. The van der Waals surface area contributed by atoms with Gasteiger partial charge in [0.15, 0.2) is 11.6 Å². The molecule has 0 bridgehead atoms. The minimum absolute atomic E-state index is 0.0117. The van der Waals surface area contributed by atoms with Gasteiger partial charge in [-0.1, -0.05) is 6.92 Å². The van der Waals surface area contributed by atoms with E-state index in [9.17, 15) is 22.0 Å². The first-order valence-corrected chi connectivity index (χ1v) is 7.19. The standard InChI is InChI=1S/C10H9ClF2O4S/c1-2-3-17-10(14)7-4-6(18(11,15)16)5-8(12)9(7)13/h4-5H,2-3H2,1H3. The Morgan fingerprint density at radius 3 is 2.50 bits per heavy atom. The third-order valence-corrected chi connectivity index (χ3v) is 3.27. The number of halogens is 3. The highest BCUT2D eigenvalue weighted by Crippen LogP contribution is 2.22. The molecule has 1 aromatic carbocycles. The fourth-order valence-corrected chi connectivity index (χ4v) is 1.90. The Morgan fingerprint density at radius 1 is 1.39 bits per heavy atom. The van der Waals surface area contributed by atoms with Crippen molar-refractivity contribution in [1.29, 1.82) is 0 Å². The number of rotatable bonds is 4. The van der Waals surface area contributed by atoms with Crippen molar-refractivity contribution in [3.8, 4) is 0 Å². The molecule has 0 aliphatic rings. The van der Waals surface area contributed by atoms with E-state index >= 15 is 0 Å². The van der Waals surface area contributed by atoms with Crippen LogP contribution < -0.4 is 0 Å². The molecule has 0 aromatic heterocycles. The molecule has 18 heavy (non-hydrogen) atoms. The topological polar surface area (TPSA) is 60.4 Å². The molecule has 0 amide bonds. The van der Waals surface area contributed by atoms with Gasteiger partial charge in [0.1, 0.15) is 0 Å². The van der Waals surface area contributed by atoms with Crippen molar-refractivity contribution in [2.24, 2.45) is 0 Å². The second-order valence-electron chi connectivity index (χ2n) is 3.34. The normalized spacial score (nSPS) is 11.3. The minimum Gasteiger partial charge on any atom is -0.462 e. The summed E-state index contributed by atoms with van der Waals surface area (Å²) in [6.45, 7) is 1.72. The van der Waals surface area contributed by atoms with Crippen LogP contribution in [-0.4, -0.2) is 21.0 Å². The lowest BCUT2D eigenvalue weighted by Crippen LogP contribution is -2.11. The first kappa shape index (κ1) is 14.8. The number of hydrogen-bond acceptors (Lipinski definition) is 4. The van der Waals surface area contributed by atoms with Crippen molar-refractivity contribution >= 4 is 25.7 Å². The molecule has 0 spiro atoms. The second-order valence-corrected chi connectivity index (χ2v) is 5.91. The van der Waals surface area contributed by atoms with Crippen molar-refractivity contribution in [2.45, 2.75) is 18.2 Å². The Labute approximate surface area is 107 Å². The fourth-order valence-electron chi connectivity index (χ4n) is 1.13. The van der Waals surface area contributed by atoms with Gasteiger partial charge in [0.2, 0.25) is 0 Å². The third-order valence-electron chi connectivity index (χ3n) is 1.94. The van der Waals surface area contributed by atoms with Crippen LogP contribution >= 0.6 is 10.7 Å². The zero-order valence-electron chi connectivity index (χ0n) is 9.24. The summed E-state index contributed by atoms with van der Waals surface area (Å²) in [6.07, 6.45) is 0.489. The molecular weight excluding hydrogens is 290 g/mol. The van der Waals surface area contributed by atoms with Crippen LogP contribution in [0.4, 0.5) is 8.78 Å². The predicted octanol–water partition coefficient (Wildman–Crippen LogP) is 2.46. The highest BCUT2D eigenvalue weighted by molar-refractivity contribution is 8.13. The SMILES string of the molecule is CCCOC(=O)c1cc(S(=O)(=O)Cl)cc(F)c1F. The average Bonchev–Trinajstić information content (AvgIpc) is 2.27. The monoisotopic (exact) mass is 298 g/mol. The van der Waals surface area contributed by atoms with Gasteiger partial charge in [0, 0.05) is 10.7 Å². The molecule has 4 nitrogen and oxygen atoms in total. The summed E-state index contributed by atoms with van der Waals surface area (Å²) in [5.41, 5.74) is -0.803. The van der Waals surface area contributed by atoms with E-state index in [1.54, 1.807) is 6.92 Å². The number of ether oxygens (including phenoxy) is 1. The molecular formula is C10H9ClF2O4S. The van der Waals surface area contributed by atoms with Gasteiger partial charge in [-0.3, -0.25) is 0 Å². The number of esters is 1. The van der Waals surface area contributed by atoms with Crippen molar-refractivity contribution in [3.05, 3.63) is 29.3 Å². The van der Waals surface area contributed by atoms with Crippen LogP contribution in [0.2, 0.25) is 0 Å². The van der Waals surface area contributed by atoms with E-state index in [0.717, 1.165) is 0 Å². The molecule has 0 saturated carbocycles. The molecule has 1 rings (SSSR count). The first-order chi connectivity index (χ1) is 8.27. The number of hydrogen-bond donors (Lipinski definition) is 0. The third kappa shape index (κ3) is 3.39. The summed E-state index contributed by atoms with van der Waals surface area (Å²) in [6, 6.07) is 1.03. The summed E-state index contributed by atoms with van der Waals surface area (Å²) in [5, 5.41) is 0. The Kier molecular flexibility index (Phi) is 4.64. The zero-order valence-corrected chi connectivity index (χ0v) is 10.8. The van der Waals surface area contributed by atoms with Crippen molar-refractivity contribution < 1.29 is 26.7 Å². The van der Waals surface area contributed by atoms with Gasteiger partial charge >= 0.3 is 5.97 Å². The largest absolute Gasteiger partial charge is 0.462 e. The van der Waals surface area contributed by atoms with Gasteiger partial charge in [-0.15, -0.1) is 0 Å². The Morgan fingerprint density at radius 2 is 2.00 bits per heavy atom. The maximum atomic E-state index is 13.3. The second kappa shape index (κ2) is 5.62. The lowest BCUT2D eigenvalue weighted by Gasteiger charge is -2.06. The molecule has 0 atom stereocenters. The molecule has 0 aliphatic carbocycles. The molecule has 0 heterocycles. The van der Waals surface area contributed by atoms with E-state index in [-0.39, 0.29) is 6.61 Å². The molecule has 8 heteroatoms. The number of benzene rings is 1. The van der Waals surface area contributed by atoms with E-state index in [0.29, 0.717) is 18.6 Å². The van der Waals surface area contributed by atoms with E-state index in [1.807, 2.05) is 0 Å². The molecule has 0 aliphatic heterocycles. The van der Waals surface area contributed by atoms with Crippen LogP contribution in [0.3, 0.4) is 0 Å². The van der Waals surface area contributed by atoms with Crippen LogP contribution in [0, 0.1) is 11.6 Å². The van der Waals surface area contributed by atoms with Gasteiger partial charge in [-0.25, -0.2) is 22.0 Å². The van der Waals surface area contributed by atoms with Gasteiger partial charge in [0.05, 0.1) is 17.1 Å². The highest BCUT2D eigenvalue weighted by Gasteiger charge is 2.22. The summed E-state index contributed by atoms with van der Waals surface area (Å²) in [4.78, 5) is 10.7. The van der Waals surface area contributed by atoms with Gasteiger partial charge in [-0.2, -0.15) is 0 Å². The van der Waals surface area contributed by atoms with Crippen LogP contribution in [0.15, 0.2) is 17.0 Å². The minimum atomic E-state index is -4.26. The van der Waals surface area contributed by atoms with E-state index < -0.39 is 37.1 Å². The molecule has 0 saturated heterocycles. The Bertz CT molecular complexity index is 571. The lowest BCUT2D eigenvalue weighted by atomic mass is 10.2. The van der Waals surface area contributed by atoms with E-state index in [4.69, 9.17) is 10.7 Å². The maximum Gasteiger partial charge on any atom is 0.341 e. The van der Waals surface area contributed by atoms with E-state index in [2.05, 4.69) is 4.74 Å². The van der Waals surface area contributed by atoms with E-state index in [1.165, 1.54) is 0 Å². The van der Waals surface area contributed by atoms with Crippen molar-refractivity contribution in [2.75, 3.05) is 6.61 Å². The van der Waals surface area contributed by atoms with Crippen LogP contribution in [-0.2, 0) is 13.8 Å². The Balaban J connectivity index is 3.27. The molecule has 0 unspecified atom stereocenters. The molecule has 0 radical (unpaired) electrons. The molecule has 100 valence electrons. The maximum absolute atomic E-state index is 13.3.